The number of rotatable bonds is 56. The Kier molecular flexibility index (Phi) is 48.8. The van der Waals surface area contributed by atoms with Crippen LogP contribution in [0, 0.1) is 11.8 Å². The monoisotopic (exact) mass is 1130 g/mol. The molecule has 0 saturated heterocycles. The molecule has 0 bridgehead atoms. The van der Waals surface area contributed by atoms with E-state index in [0.717, 1.165) is 115 Å². The number of ether oxygens (including phenoxy) is 4. The van der Waals surface area contributed by atoms with Crippen molar-refractivity contribution in [1.29, 1.82) is 0 Å². The fourth-order valence-corrected chi connectivity index (χ4v) is 9.87. The average molecular weight is 1130 g/mol. The number of phosphoric acid groups is 2. The van der Waals surface area contributed by atoms with Crippen LogP contribution in [0.2, 0.25) is 0 Å². The maximum absolute atomic E-state index is 12.9. The number of carbonyl (C=O) groups is 4. The van der Waals surface area contributed by atoms with Gasteiger partial charge < -0.3 is 33.8 Å². The Balaban J connectivity index is 5.17. The summed E-state index contributed by atoms with van der Waals surface area (Å²) in [5.74, 6) is -0.714. The van der Waals surface area contributed by atoms with Gasteiger partial charge in [-0.1, -0.05) is 221 Å². The highest BCUT2D eigenvalue weighted by Gasteiger charge is 2.30. The second-order valence-electron chi connectivity index (χ2n) is 21.6. The fourth-order valence-electron chi connectivity index (χ4n) is 8.29. The summed E-state index contributed by atoms with van der Waals surface area (Å²) >= 11 is 0. The van der Waals surface area contributed by atoms with Gasteiger partial charge in [0.05, 0.1) is 26.4 Å². The van der Waals surface area contributed by atoms with Crippen LogP contribution < -0.4 is 0 Å². The number of carbonyl (C=O) groups excluding carboxylic acids is 4. The molecule has 0 heterocycles. The van der Waals surface area contributed by atoms with Gasteiger partial charge >= 0.3 is 39.5 Å². The van der Waals surface area contributed by atoms with E-state index in [1.165, 1.54) is 70.6 Å². The molecule has 0 aliphatic rings. The summed E-state index contributed by atoms with van der Waals surface area (Å²) in [6, 6.07) is 0. The third-order valence-electron chi connectivity index (χ3n) is 13.0. The van der Waals surface area contributed by atoms with E-state index in [4.69, 9.17) is 37.0 Å². The Morgan fingerprint density at radius 1 is 0.355 bits per heavy atom. The first-order valence-corrected chi connectivity index (χ1v) is 33.0. The van der Waals surface area contributed by atoms with Gasteiger partial charge in [0.1, 0.15) is 19.3 Å². The number of hydrogen-bond donors (Lipinski definition) is 3. The lowest BCUT2D eigenvalue weighted by molar-refractivity contribution is -0.161. The normalized spacial score (nSPS) is 14.5. The molecule has 0 aromatic carbocycles. The maximum atomic E-state index is 12.9. The van der Waals surface area contributed by atoms with Gasteiger partial charge in [-0.25, -0.2) is 9.13 Å². The Hall–Kier alpha value is -1.94. The molecule has 0 spiro atoms. The maximum Gasteiger partial charge on any atom is 0.472 e. The predicted molar refractivity (Wildman–Crippen MR) is 298 cm³/mol. The first-order valence-electron chi connectivity index (χ1n) is 30.0. The summed E-state index contributed by atoms with van der Waals surface area (Å²) in [5, 5.41) is 10.5. The molecule has 5 atom stereocenters. The number of phosphoric ester groups is 2. The first-order chi connectivity index (χ1) is 36.4. The van der Waals surface area contributed by atoms with Gasteiger partial charge in [-0.3, -0.25) is 37.3 Å². The minimum absolute atomic E-state index is 0.103. The van der Waals surface area contributed by atoms with Crippen LogP contribution in [-0.2, 0) is 65.4 Å². The largest absolute Gasteiger partial charge is 0.472 e. The van der Waals surface area contributed by atoms with Crippen molar-refractivity contribution in [3.63, 3.8) is 0 Å². The molecule has 0 radical (unpaired) electrons. The highest BCUT2D eigenvalue weighted by molar-refractivity contribution is 7.47. The van der Waals surface area contributed by atoms with Crippen LogP contribution in [0.3, 0.4) is 0 Å². The number of esters is 4. The molecule has 0 rings (SSSR count). The molecular formula is C57H110O17P2. The van der Waals surface area contributed by atoms with Crippen molar-refractivity contribution in [2.45, 2.75) is 291 Å². The van der Waals surface area contributed by atoms with Gasteiger partial charge in [0.2, 0.25) is 0 Å². The smallest absolute Gasteiger partial charge is 0.462 e. The van der Waals surface area contributed by atoms with Crippen molar-refractivity contribution in [1.82, 2.24) is 0 Å². The van der Waals surface area contributed by atoms with E-state index < -0.39 is 97.5 Å². The van der Waals surface area contributed by atoms with E-state index in [1.807, 2.05) is 0 Å². The molecular weight excluding hydrogens is 1020 g/mol. The summed E-state index contributed by atoms with van der Waals surface area (Å²) < 4.78 is 67.4. The lowest BCUT2D eigenvalue weighted by Gasteiger charge is -2.21. The van der Waals surface area contributed by atoms with Gasteiger partial charge in [0, 0.05) is 25.7 Å². The fraction of sp³-hybridized carbons (Fsp3) is 0.930. The van der Waals surface area contributed by atoms with Gasteiger partial charge in [0.25, 0.3) is 0 Å². The second kappa shape index (κ2) is 50.1. The molecule has 0 fully saturated rings. The minimum Gasteiger partial charge on any atom is -0.462 e. The third-order valence-corrected chi connectivity index (χ3v) is 14.9. The van der Waals surface area contributed by atoms with E-state index in [0.29, 0.717) is 31.6 Å². The van der Waals surface area contributed by atoms with Gasteiger partial charge in [0.15, 0.2) is 12.2 Å². The number of hydrogen-bond acceptors (Lipinski definition) is 15. The lowest BCUT2D eigenvalue weighted by atomic mass is 10.0. The van der Waals surface area contributed by atoms with Crippen LogP contribution in [0.1, 0.15) is 273 Å². The van der Waals surface area contributed by atoms with Crippen LogP contribution in [0.25, 0.3) is 0 Å². The third kappa shape index (κ3) is 51.5. The lowest BCUT2D eigenvalue weighted by Crippen LogP contribution is -2.30. The standard InChI is InChI=1S/C57H110O17P2/c1-7-9-11-13-14-21-29-35-41-56(61)73-52(45-67-54(59)39-33-25-12-10-8-2)47-71-75(63,64)69-43-51(58)44-70-76(65,66)72-48-53(46-68-55(60)40-34-28-24-23-27-32-38-50(5)6)74-57(62)42-36-30-22-19-17-15-16-18-20-26-31-37-49(3)4/h49-53,58H,7-48H2,1-6H3,(H,63,64)(H,65,66)/t51-,52+,53+/m0/s1. The van der Waals surface area contributed by atoms with E-state index in [-0.39, 0.29) is 25.7 Å². The zero-order chi connectivity index (χ0) is 56.6. The van der Waals surface area contributed by atoms with E-state index >= 15 is 0 Å². The summed E-state index contributed by atoms with van der Waals surface area (Å²) in [6.45, 7) is 9.24. The topological polar surface area (TPSA) is 237 Å². The highest BCUT2D eigenvalue weighted by atomic mass is 31.2. The highest BCUT2D eigenvalue weighted by Crippen LogP contribution is 2.45. The summed E-state index contributed by atoms with van der Waals surface area (Å²) in [5.41, 5.74) is 0. The average Bonchev–Trinajstić information content (AvgIpc) is 3.37. The number of aliphatic hydroxyl groups is 1. The first kappa shape index (κ1) is 74.1. The molecule has 0 saturated carbocycles. The van der Waals surface area contributed by atoms with Crippen molar-refractivity contribution >= 4 is 39.5 Å². The van der Waals surface area contributed by atoms with Crippen LogP contribution in [0.5, 0.6) is 0 Å². The van der Waals surface area contributed by atoms with Crippen molar-refractivity contribution < 1.29 is 80.2 Å². The number of unbranched alkanes of at least 4 members (excludes halogenated alkanes) is 26. The molecule has 76 heavy (non-hydrogen) atoms. The second-order valence-corrected chi connectivity index (χ2v) is 24.5. The SMILES string of the molecule is CCCCCCCCCCC(=O)O[C@H](COC(=O)CCCCCCC)COP(=O)(O)OC[C@H](O)COP(=O)(O)OC[C@@H](COC(=O)CCCCCCCCC(C)C)OC(=O)CCCCCCCCCCCCCC(C)C. The van der Waals surface area contributed by atoms with Crippen molar-refractivity contribution in [2.24, 2.45) is 11.8 Å². The van der Waals surface area contributed by atoms with E-state index in [9.17, 15) is 43.2 Å². The number of aliphatic hydroxyl groups excluding tert-OH is 1. The van der Waals surface area contributed by atoms with Gasteiger partial charge in [-0.05, 0) is 37.5 Å². The summed E-state index contributed by atoms with van der Waals surface area (Å²) in [6.07, 6.45) is 29.9. The minimum atomic E-state index is -4.93. The molecule has 0 aromatic rings. The summed E-state index contributed by atoms with van der Waals surface area (Å²) in [7, 11) is -9.86. The van der Waals surface area contributed by atoms with Gasteiger partial charge in [-0.2, -0.15) is 0 Å². The van der Waals surface area contributed by atoms with Gasteiger partial charge in [-0.15, -0.1) is 0 Å². The quantitative estimate of drug-likeness (QED) is 0.0222. The zero-order valence-corrected chi connectivity index (χ0v) is 50.3. The van der Waals surface area contributed by atoms with Crippen LogP contribution in [-0.4, -0.2) is 96.7 Å². The Labute approximate surface area is 460 Å². The Bertz CT molecular complexity index is 1510. The van der Waals surface area contributed by atoms with Crippen LogP contribution in [0.4, 0.5) is 0 Å². The van der Waals surface area contributed by atoms with Crippen LogP contribution in [0.15, 0.2) is 0 Å². The van der Waals surface area contributed by atoms with Crippen molar-refractivity contribution in [3.05, 3.63) is 0 Å². The van der Waals surface area contributed by atoms with Crippen LogP contribution >= 0.6 is 15.6 Å². The molecule has 0 aliphatic heterocycles. The molecule has 450 valence electrons. The molecule has 19 heteroatoms. The molecule has 2 unspecified atom stereocenters. The van der Waals surface area contributed by atoms with Crippen molar-refractivity contribution in [3.8, 4) is 0 Å². The zero-order valence-electron chi connectivity index (χ0n) is 48.5. The van der Waals surface area contributed by atoms with Crippen molar-refractivity contribution in [2.75, 3.05) is 39.6 Å². The molecule has 17 nitrogen and oxygen atoms in total. The molecule has 3 N–H and O–H groups in total. The van der Waals surface area contributed by atoms with E-state index in [2.05, 4.69) is 41.5 Å². The summed E-state index contributed by atoms with van der Waals surface area (Å²) in [4.78, 5) is 71.5. The molecule has 0 aromatic heterocycles. The Morgan fingerprint density at radius 2 is 0.605 bits per heavy atom. The predicted octanol–water partition coefficient (Wildman–Crippen LogP) is 14.9. The van der Waals surface area contributed by atoms with E-state index in [1.54, 1.807) is 0 Å². The molecule has 0 aliphatic carbocycles. The Morgan fingerprint density at radius 3 is 0.895 bits per heavy atom. The molecule has 0 amide bonds.